The van der Waals surface area contributed by atoms with Gasteiger partial charge in [-0.25, -0.2) is 0 Å². The maximum atomic E-state index is 11.6. The molecule has 19 heavy (non-hydrogen) atoms. The molecule has 0 radical (unpaired) electrons. The number of nitrogens with one attached hydrogen (secondary N) is 1. The van der Waals surface area contributed by atoms with E-state index in [4.69, 9.17) is 5.53 Å². The van der Waals surface area contributed by atoms with Gasteiger partial charge in [0.1, 0.15) is 0 Å². The molecule has 0 aliphatic rings. The van der Waals surface area contributed by atoms with E-state index in [0.29, 0.717) is 19.5 Å². The van der Waals surface area contributed by atoms with Gasteiger partial charge < -0.3 is 5.32 Å². The predicted molar refractivity (Wildman–Crippen MR) is 75.8 cm³/mol. The number of azide groups is 1. The first-order chi connectivity index (χ1) is 9.22. The molecule has 0 bridgehead atoms. The molecule has 0 fully saturated rings. The average Bonchev–Trinajstić information content (AvgIpc) is 2.42. The Labute approximate surface area is 113 Å². The van der Waals surface area contributed by atoms with Crippen LogP contribution in [0.5, 0.6) is 0 Å². The van der Waals surface area contributed by atoms with Crippen LogP contribution in [-0.2, 0) is 11.2 Å². The fourth-order valence-corrected chi connectivity index (χ4v) is 1.68. The molecule has 1 rings (SSSR count). The number of hydrogen-bond donors (Lipinski definition) is 1. The number of carbonyl (C=O) groups is 1. The molecule has 102 valence electrons. The molecule has 1 N–H and O–H groups in total. The van der Waals surface area contributed by atoms with Gasteiger partial charge in [0.15, 0.2) is 0 Å². The van der Waals surface area contributed by atoms with E-state index in [0.717, 1.165) is 19.3 Å². The molecular weight excluding hydrogens is 240 g/mol. The number of carbonyl (C=O) groups excluding carboxylic acids is 1. The highest BCUT2D eigenvalue weighted by Gasteiger charge is 2.01. The lowest BCUT2D eigenvalue weighted by atomic mass is 10.1. The fourth-order valence-electron chi connectivity index (χ4n) is 1.68. The number of rotatable bonds is 8. The first-order valence-corrected chi connectivity index (χ1v) is 6.55. The lowest BCUT2D eigenvalue weighted by Crippen LogP contribution is -2.24. The Morgan fingerprint density at radius 1 is 1.32 bits per heavy atom. The van der Waals surface area contributed by atoms with Crippen molar-refractivity contribution in [2.45, 2.75) is 32.6 Å². The van der Waals surface area contributed by atoms with E-state index in [2.05, 4.69) is 39.6 Å². The van der Waals surface area contributed by atoms with Crippen LogP contribution in [0.25, 0.3) is 10.4 Å². The summed E-state index contributed by atoms with van der Waals surface area (Å²) in [6.45, 7) is 3.19. The maximum absolute atomic E-state index is 11.6. The number of aryl methyl sites for hydroxylation is 2. The number of hydrogen-bond acceptors (Lipinski definition) is 2. The zero-order valence-electron chi connectivity index (χ0n) is 11.3. The van der Waals surface area contributed by atoms with Gasteiger partial charge in [-0.1, -0.05) is 34.9 Å². The lowest BCUT2D eigenvalue weighted by Gasteiger charge is -2.05. The summed E-state index contributed by atoms with van der Waals surface area (Å²) in [4.78, 5) is 14.3. The zero-order valence-corrected chi connectivity index (χ0v) is 11.3. The third-order valence-corrected chi connectivity index (χ3v) is 2.83. The molecule has 1 aromatic carbocycles. The summed E-state index contributed by atoms with van der Waals surface area (Å²) >= 11 is 0. The topological polar surface area (TPSA) is 77.9 Å². The van der Waals surface area contributed by atoms with Crippen molar-refractivity contribution in [2.75, 3.05) is 13.1 Å². The molecule has 0 aromatic heterocycles. The van der Waals surface area contributed by atoms with Crippen LogP contribution in [0.3, 0.4) is 0 Å². The van der Waals surface area contributed by atoms with Crippen LogP contribution in [0, 0.1) is 6.92 Å². The van der Waals surface area contributed by atoms with E-state index in [1.54, 1.807) is 0 Å². The van der Waals surface area contributed by atoms with Gasteiger partial charge in [-0.05, 0) is 37.3 Å². The van der Waals surface area contributed by atoms with Gasteiger partial charge in [0.05, 0.1) is 0 Å². The number of unbranched alkanes of at least 4 members (excludes halogenated alkanes) is 1. The van der Waals surface area contributed by atoms with Crippen molar-refractivity contribution in [3.05, 3.63) is 45.8 Å². The van der Waals surface area contributed by atoms with Crippen LogP contribution < -0.4 is 5.32 Å². The van der Waals surface area contributed by atoms with Gasteiger partial charge in [0.25, 0.3) is 0 Å². The predicted octanol–water partition coefficient (Wildman–Crippen LogP) is 3.13. The smallest absolute Gasteiger partial charge is 0.220 e. The molecule has 0 aliphatic carbocycles. The SMILES string of the molecule is Cc1ccc(CCC(=O)NCCCCN=[N+]=[N-])cc1. The number of amides is 1. The normalized spacial score (nSPS) is 9.74. The van der Waals surface area contributed by atoms with Crippen molar-refractivity contribution in [3.63, 3.8) is 0 Å². The average molecular weight is 260 g/mol. The Morgan fingerprint density at radius 2 is 2.05 bits per heavy atom. The molecule has 0 saturated carbocycles. The first-order valence-electron chi connectivity index (χ1n) is 6.55. The second-order valence-corrected chi connectivity index (χ2v) is 4.50. The molecule has 0 saturated heterocycles. The van der Waals surface area contributed by atoms with Crippen molar-refractivity contribution in [2.24, 2.45) is 5.11 Å². The van der Waals surface area contributed by atoms with Crippen LogP contribution in [0.2, 0.25) is 0 Å². The Balaban J connectivity index is 2.11. The van der Waals surface area contributed by atoms with Crippen molar-refractivity contribution in [1.29, 1.82) is 0 Å². The summed E-state index contributed by atoms with van der Waals surface area (Å²) in [6.07, 6.45) is 2.93. The van der Waals surface area contributed by atoms with Crippen LogP contribution in [0.15, 0.2) is 29.4 Å². The lowest BCUT2D eigenvalue weighted by molar-refractivity contribution is -0.121. The molecule has 0 aliphatic heterocycles. The van der Waals surface area contributed by atoms with Gasteiger partial charge in [0.2, 0.25) is 5.91 Å². The van der Waals surface area contributed by atoms with Crippen LogP contribution in [-0.4, -0.2) is 19.0 Å². The van der Waals surface area contributed by atoms with E-state index >= 15 is 0 Å². The monoisotopic (exact) mass is 260 g/mol. The van der Waals surface area contributed by atoms with Crippen LogP contribution in [0.4, 0.5) is 0 Å². The molecule has 0 unspecified atom stereocenters. The molecule has 5 heteroatoms. The summed E-state index contributed by atoms with van der Waals surface area (Å²) in [5, 5.41) is 6.31. The van der Waals surface area contributed by atoms with E-state index in [-0.39, 0.29) is 5.91 Å². The standard InChI is InChI=1S/C14H20N4O/c1-12-4-6-13(7-5-12)8-9-14(19)16-10-2-3-11-17-18-15/h4-7H,2-3,8-11H2,1H3,(H,16,19). The third kappa shape index (κ3) is 7.11. The van der Waals surface area contributed by atoms with Crippen molar-refractivity contribution in [1.82, 2.24) is 5.32 Å². The Bertz CT molecular complexity index is 435. The summed E-state index contributed by atoms with van der Waals surface area (Å²) in [6, 6.07) is 8.23. The van der Waals surface area contributed by atoms with Crippen molar-refractivity contribution in [3.8, 4) is 0 Å². The molecule has 0 spiro atoms. The highest BCUT2D eigenvalue weighted by molar-refractivity contribution is 5.76. The van der Waals surface area contributed by atoms with Crippen molar-refractivity contribution >= 4 is 5.91 Å². The second-order valence-electron chi connectivity index (χ2n) is 4.50. The van der Waals surface area contributed by atoms with Gasteiger partial charge in [-0.3, -0.25) is 4.79 Å². The fraction of sp³-hybridized carbons (Fsp3) is 0.500. The van der Waals surface area contributed by atoms with E-state index in [1.165, 1.54) is 11.1 Å². The molecule has 5 nitrogen and oxygen atoms in total. The second kappa shape index (κ2) is 9.00. The Hall–Kier alpha value is -2.00. The Kier molecular flexibility index (Phi) is 7.13. The minimum atomic E-state index is 0.0735. The molecular formula is C14H20N4O. The molecule has 0 heterocycles. The summed E-state index contributed by atoms with van der Waals surface area (Å²) in [5.41, 5.74) is 10.5. The quantitative estimate of drug-likeness (QED) is 0.331. The molecule has 1 amide bonds. The zero-order chi connectivity index (χ0) is 13.9. The summed E-state index contributed by atoms with van der Waals surface area (Å²) < 4.78 is 0. The Morgan fingerprint density at radius 3 is 2.74 bits per heavy atom. The van der Waals surface area contributed by atoms with Gasteiger partial charge in [-0.15, -0.1) is 0 Å². The highest BCUT2D eigenvalue weighted by Crippen LogP contribution is 2.05. The minimum absolute atomic E-state index is 0.0735. The van der Waals surface area contributed by atoms with Crippen LogP contribution >= 0.6 is 0 Å². The van der Waals surface area contributed by atoms with Gasteiger partial charge in [0, 0.05) is 24.4 Å². The number of nitrogens with zero attached hydrogens (tertiary/aromatic N) is 3. The largest absolute Gasteiger partial charge is 0.356 e. The van der Waals surface area contributed by atoms with Gasteiger partial charge >= 0.3 is 0 Å². The summed E-state index contributed by atoms with van der Waals surface area (Å²) in [5.74, 6) is 0.0735. The van der Waals surface area contributed by atoms with E-state index < -0.39 is 0 Å². The van der Waals surface area contributed by atoms with E-state index in [9.17, 15) is 4.79 Å². The summed E-state index contributed by atoms with van der Waals surface area (Å²) in [7, 11) is 0. The molecule has 0 atom stereocenters. The van der Waals surface area contributed by atoms with Gasteiger partial charge in [-0.2, -0.15) is 0 Å². The van der Waals surface area contributed by atoms with E-state index in [1.807, 2.05) is 6.92 Å². The maximum Gasteiger partial charge on any atom is 0.220 e. The van der Waals surface area contributed by atoms with Crippen molar-refractivity contribution < 1.29 is 4.79 Å². The minimum Gasteiger partial charge on any atom is -0.356 e. The molecule has 1 aromatic rings. The highest BCUT2D eigenvalue weighted by atomic mass is 16.1. The first kappa shape index (κ1) is 15.1. The third-order valence-electron chi connectivity index (χ3n) is 2.83. The number of benzene rings is 1. The van der Waals surface area contributed by atoms with Crippen LogP contribution in [0.1, 0.15) is 30.4 Å².